The van der Waals surface area contributed by atoms with Gasteiger partial charge in [-0.2, -0.15) is 4.98 Å². The molecule has 3 rings (SSSR count). The molecule has 8 heteroatoms. The largest absolute Gasteiger partial charge is 0.472 e. The first kappa shape index (κ1) is 15.9. The van der Waals surface area contributed by atoms with Crippen molar-refractivity contribution in [1.29, 1.82) is 0 Å². The average molecular weight is 337 g/mol. The Morgan fingerprint density at radius 1 is 1.43 bits per heavy atom. The zero-order valence-electron chi connectivity index (χ0n) is 12.9. The molecular formula is C15H19N3O4S. The van der Waals surface area contributed by atoms with Gasteiger partial charge in [-0.1, -0.05) is 12.1 Å². The first-order valence-electron chi connectivity index (χ1n) is 7.59. The first-order valence-corrected chi connectivity index (χ1v) is 9.08. The summed E-state index contributed by atoms with van der Waals surface area (Å²) in [7, 11) is -1.36. The van der Waals surface area contributed by atoms with E-state index in [0.717, 1.165) is 25.9 Å². The molecule has 1 aliphatic heterocycles. The van der Waals surface area contributed by atoms with Gasteiger partial charge < -0.3 is 13.8 Å². The van der Waals surface area contributed by atoms with Gasteiger partial charge in [0.25, 0.3) is 0 Å². The molecule has 3 heterocycles. The number of carbonyl (C=O) groups excluding carboxylic acids is 1. The molecular weight excluding hydrogens is 318 g/mol. The third-order valence-corrected chi connectivity index (χ3v) is 5.09. The van der Waals surface area contributed by atoms with Crippen molar-refractivity contribution < 1.29 is 17.9 Å². The highest BCUT2D eigenvalue weighted by molar-refractivity contribution is 7.84. The Labute approximate surface area is 136 Å². The van der Waals surface area contributed by atoms with Crippen LogP contribution in [0.1, 0.15) is 25.7 Å². The van der Waals surface area contributed by atoms with Crippen molar-refractivity contribution in [3.8, 4) is 11.4 Å². The normalized spacial score (nSPS) is 17.3. The maximum absolute atomic E-state index is 12.2. The van der Waals surface area contributed by atoms with Crippen LogP contribution in [0.5, 0.6) is 0 Å². The van der Waals surface area contributed by atoms with Crippen LogP contribution in [-0.4, -0.2) is 44.0 Å². The van der Waals surface area contributed by atoms with Gasteiger partial charge in [-0.15, -0.1) is 0 Å². The molecule has 1 atom stereocenters. The van der Waals surface area contributed by atoms with Gasteiger partial charge in [0.15, 0.2) is 0 Å². The minimum atomic E-state index is -1.36. The second kappa shape index (κ2) is 7.08. The van der Waals surface area contributed by atoms with Crippen molar-refractivity contribution in [2.45, 2.75) is 25.5 Å². The molecule has 1 fully saturated rings. The van der Waals surface area contributed by atoms with Crippen LogP contribution < -0.4 is 0 Å². The fraction of sp³-hybridized carbons (Fsp3) is 0.533. The van der Waals surface area contributed by atoms with Crippen LogP contribution in [0.25, 0.3) is 11.4 Å². The minimum absolute atomic E-state index is 0.00218. The molecule has 0 aliphatic carbocycles. The summed E-state index contributed by atoms with van der Waals surface area (Å²) >= 11 is 0. The number of furan rings is 1. The number of piperidine rings is 1. The highest BCUT2D eigenvalue weighted by Gasteiger charge is 2.22. The Hall–Kier alpha value is -1.96. The van der Waals surface area contributed by atoms with Gasteiger partial charge >= 0.3 is 0 Å². The van der Waals surface area contributed by atoms with E-state index >= 15 is 0 Å². The standard InChI is InChI=1S/C15H19N3O4S/c1-11-2-5-18(6-3-11)14(19)10-23(20)9-13-16-15(17-22-13)12-4-7-21-8-12/h4,7-8,11H,2-3,5-6,9-10H2,1H3. The SMILES string of the molecule is CC1CCN(C(=O)CS(=O)Cc2nc(-c3ccoc3)no2)CC1. The quantitative estimate of drug-likeness (QED) is 0.827. The number of aromatic nitrogens is 2. The van der Waals surface area contributed by atoms with Crippen LogP contribution in [0, 0.1) is 5.92 Å². The highest BCUT2D eigenvalue weighted by Crippen LogP contribution is 2.18. The summed E-state index contributed by atoms with van der Waals surface area (Å²) in [6, 6.07) is 1.71. The fourth-order valence-corrected chi connectivity index (χ4v) is 3.45. The summed E-state index contributed by atoms with van der Waals surface area (Å²) in [6.45, 7) is 3.69. The number of likely N-dealkylation sites (tertiary alicyclic amines) is 1. The number of hydrogen-bond donors (Lipinski definition) is 0. The van der Waals surface area contributed by atoms with Gasteiger partial charge in [0, 0.05) is 23.9 Å². The van der Waals surface area contributed by atoms with Crippen molar-refractivity contribution >= 4 is 16.7 Å². The van der Waals surface area contributed by atoms with E-state index in [9.17, 15) is 9.00 Å². The molecule has 1 unspecified atom stereocenters. The number of nitrogens with zero attached hydrogens (tertiary/aromatic N) is 3. The predicted molar refractivity (Wildman–Crippen MR) is 83.7 cm³/mol. The summed E-state index contributed by atoms with van der Waals surface area (Å²) in [4.78, 5) is 18.1. The van der Waals surface area contributed by atoms with Crippen LogP contribution in [0.3, 0.4) is 0 Å². The van der Waals surface area contributed by atoms with Crippen LogP contribution in [0.4, 0.5) is 0 Å². The molecule has 0 radical (unpaired) electrons. The Balaban J connectivity index is 1.52. The number of rotatable bonds is 5. The summed E-state index contributed by atoms with van der Waals surface area (Å²) < 4.78 is 22.2. The minimum Gasteiger partial charge on any atom is -0.472 e. The van der Waals surface area contributed by atoms with E-state index in [1.165, 1.54) is 12.5 Å². The van der Waals surface area contributed by atoms with Gasteiger partial charge in [0.05, 0.1) is 11.8 Å². The number of carbonyl (C=O) groups is 1. The van der Waals surface area contributed by atoms with E-state index < -0.39 is 10.8 Å². The third-order valence-electron chi connectivity index (χ3n) is 3.95. The molecule has 0 bridgehead atoms. The van der Waals surface area contributed by atoms with Gasteiger partial charge in [-0.3, -0.25) is 9.00 Å². The zero-order chi connectivity index (χ0) is 16.2. The third kappa shape index (κ3) is 4.07. The molecule has 7 nitrogen and oxygen atoms in total. The van der Waals surface area contributed by atoms with Crippen molar-refractivity contribution in [2.24, 2.45) is 5.92 Å². The Bertz CT molecular complexity index is 675. The summed E-state index contributed by atoms with van der Waals surface area (Å²) in [5.41, 5.74) is 0.698. The van der Waals surface area contributed by atoms with Gasteiger partial charge in [0.2, 0.25) is 17.6 Å². The number of amides is 1. The Kier molecular flexibility index (Phi) is 4.90. The summed E-state index contributed by atoms with van der Waals surface area (Å²) in [6.07, 6.45) is 5.04. The van der Waals surface area contributed by atoms with Crippen molar-refractivity contribution in [3.63, 3.8) is 0 Å². The van der Waals surface area contributed by atoms with Crippen LogP contribution in [0.2, 0.25) is 0 Å². The van der Waals surface area contributed by atoms with E-state index in [-0.39, 0.29) is 23.3 Å². The summed E-state index contributed by atoms with van der Waals surface area (Å²) in [5, 5.41) is 3.81. The predicted octanol–water partition coefficient (Wildman–Crippen LogP) is 1.84. The molecule has 23 heavy (non-hydrogen) atoms. The zero-order valence-corrected chi connectivity index (χ0v) is 13.8. The average Bonchev–Trinajstić information content (AvgIpc) is 3.18. The molecule has 0 saturated carbocycles. The van der Waals surface area contributed by atoms with E-state index in [4.69, 9.17) is 8.94 Å². The molecule has 0 N–H and O–H groups in total. The maximum atomic E-state index is 12.2. The molecule has 2 aromatic heterocycles. The van der Waals surface area contributed by atoms with E-state index in [0.29, 0.717) is 17.3 Å². The van der Waals surface area contributed by atoms with Gasteiger partial charge in [-0.05, 0) is 24.8 Å². The smallest absolute Gasteiger partial charge is 0.239 e. The van der Waals surface area contributed by atoms with Crippen molar-refractivity contribution in [2.75, 3.05) is 18.8 Å². The maximum Gasteiger partial charge on any atom is 0.239 e. The molecule has 124 valence electrons. The molecule has 0 aromatic carbocycles. The Morgan fingerprint density at radius 3 is 2.91 bits per heavy atom. The lowest BCUT2D eigenvalue weighted by molar-refractivity contribution is -0.129. The van der Waals surface area contributed by atoms with E-state index in [2.05, 4.69) is 17.1 Å². The second-order valence-electron chi connectivity index (χ2n) is 5.82. The molecule has 2 aromatic rings. The monoisotopic (exact) mass is 337 g/mol. The number of hydrogen-bond acceptors (Lipinski definition) is 6. The molecule has 0 spiro atoms. The lowest BCUT2D eigenvalue weighted by Gasteiger charge is -2.30. The van der Waals surface area contributed by atoms with Crippen molar-refractivity contribution in [3.05, 3.63) is 24.5 Å². The lowest BCUT2D eigenvalue weighted by Crippen LogP contribution is -2.40. The van der Waals surface area contributed by atoms with Crippen molar-refractivity contribution in [1.82, 2.24) is 15.0 Å². The topological polar surface area (TPSA) is 89.4 Å². The van der Waals surface area contributed by atoms with Gasteiger partial charge in [-0.25, -0.2) is 0 Å². The van der Waals surface area contributed by atoms with Crippen LogP contribution in [0.15, 0.2) is 27.5 Å². The second-order valence-corrected chi connectivity index (χ2v) is 7.27. The lowest BCUT2D eigenvalue weighted by atomic mass is 9.99. The molecule has 1 amide bonds. The summed E-state index contributed by atoms with van der Waals surface area (Å²) in [5.74, 6) is 1.33. The molecule has 1 saturated heterocycles. The van der Waals surface area contributed by atoms with E-state index in [1.807, 2.05) is 0 Å². The highest BCUT2D eigenvalue weighted by atomic mass is 32.2. The van der Waals surface area contributed by atoms with E-state index in [1.54, 1.807) is 11.0 Å². The molecule has 1 aliphatic rings. The van der Waals surface area contributed by atoms with Crippen LogP contribution >= 0.6 is 0 Å². The van der Waals surface area contributed by atoms with Crippen LogP contribution in [-0.2, 0) is 21.3 Å². The first-order chi connectivity index (χ1) is 11.1. The van der Waals surface area contributed by atoms with Gasteiger partial charge in [0.1, 0.15) is 17.8 Å². The Morgan fingerprint density at radius 2 is 2.22 bits per heavy atom. The fourth-order valence-electron chi connectivity index (χ4n) is 2.50.